The summed E-state index contributed by atoms with van der Waals surface area (Å²) in [6.45, 7) is 1.95. The lowest BCUT2D eigenvalue weighted by Gasteiger charge is -2.13. The first-order valence-corrected chi connectivity index (χ1v) is 5.21. The van der Waals surface area contributed by atoms with Crippen LogP contribution in [0.5, 0.6) is 0 Å². The van der Waals surface area contributed by atoms with E-state index in [1.807, 2.05) is 0 Å². The van der Waals surface area contributed by atoms with E-state index in [-0.39, 0.29) is 0 Å². The average molecular weight is 203 g/mol. The number of hydrazine groups is 6. The summed E-state index contributed by atoms with van der Waals surface area (Å²) in [7, 11) is 0. The summed E-state index contributed by atoms with van der Waals surface area (Å²) in [6, 6.07) is 0. The molecular weight excluding hydrogens is 182 g/mol. The third kappa shape index (κ3) is 7.15. The van der Waals surface area contributed by atoms with E-state index in [0.29, 0.717) is 0 Å². The lowest BCUT2D eigenvalue weighted by molar-refractivity contribution is 0.268. The van der Waals surface area contributed by atoms with E-state index >= 15 is 0 Å². The first-order valence-electron chi connectivity index (χ1n) is 5.21. The van der Waals surface area contributed by atoms with Crippen LogP contribution in [-0.4, -0.2) is 13.1 Å². The monoisotopic (exact) mass is 203 g/mol. The molecule has 0 unspecified atom stereocenters. The summed E-state index contributed by atoms with van der Waals surface area (Å²) in [5.41, 5.74) is 19.8. The van der Waals surface area contributed by atoms with Crippen LogP contribution in [0.4, 0.5) is 0 Å². The van der Waals surface area contributed by atoms with Gasteiger partial charge in [-0.25, -0.2) is 10.9 Å². The van der Waals surface area contributed by atoms with Crippen LogP contribution in [0, 0.1) is 0 Å². The van der Waals surface area contributed by atoms with Gasteiger partial charge in [0.25, 0.3) is 0 Å². The van der Waals surface area contributed by atoms with Crippen molar-refractivity contribution in [2.45, 2.75) is 32.1 Å². The Morgan fingerprint density at radius 2 is 0.857 bits per heavy atom. The highest BCUT2D eigenvalue weighted by molar-refractivity contribution is 4.47. The van der Waals surface area contributed by atoms with Crippen LogP contribution in [0.3, 0.4) is 0 Å². The molecule has 1 aliphatic heterocycles. The number of nitrogens with one attached hydrogen (secondary N) is 7. The van der Waals surface area contributed by atoms with Crippen molar-refractivity contribution < 1.29 is 0 Å². The van der Waals surface area contributed by atoms with E-state index in [1.54, 1.807) is 0 Å². The molecule has 1 fully saturated rings. The van der Waals surface area contributed by atoms with Crippen LogP contribution in [0.25, 0.3) is 0 Å². The standard InChI is InChI=1S/C7H21N7/c1-2-4-6-8-10-12-14-13-11-9-7-5-3-1/h8-14H,1-7H2. The van der Waals surface area contributed by atoms with Gasteiger partial charge in [0.05, 0.1) is 0 Å². The second kappa shape index (κ2) is 9.28. The van der Waals surface area contributed by atoms with Crippen molar-refractivity contribution in [2.75, 3.05) is 13.1 Å². The quantitative estimate of drug-likeness (QED) is 0.260. The first-order chi connectivity index (χ1) is 7.00. The zero-order valence-corrected chi connectivity index (χ0v) is 8.45. The fourth-order valence-corrected chi connectivity index (χ4v) is 1.26. The summed E-state index contributed by atoms with van der Waals surface area (Å²) < 4.78 is 0. The summed E-state index contributed by atoms with van der Waals surface area (Å²) in [5.74, 6) is 0. The summed E-state index contributed by atoms with van der Waals surface area (Å²) in [6.07, 6.45) is 6.28. The average Bonchev–Trinajstić information content (AvgIpc) is 2.22. The fraction of sp³-hybridized carbons (Fsp3) is 1.00. The molecule has 1 rings (SSSR count). The largest absolute Gasteiger partial charge is 0.243 e. The molecule has 0 saturated carbocycles. The van der Waals surface area contributed by atoms with Gasteiger partial charge >= 0.3 is 0 Å². The smallest absolute Gasteiger partial charge is 0.0113 e. The van der Waals surface area contributed by atoms with Crippen molar-refractivity contribution in [1.29, 1.82) is 0 Å². The summed E-state index contributed by atoms with van der Waals surface area (Å²) in [4.78, 5) is 0. The maximum atomic E-state index is 3.03. The van der Waals surface area contributed by atoms with Crippen LogP contribution >= 0.6 is 0 Å². The zero-order valence-electron chi connectivity index (χ0n) is 8.45. The van der Waals surface area contributed by atoms with Gasteiger partial charge in [-0.2, -0.15) is 27.7 Å². The van der Waals surface area contributed by atoms with Gasteiger partial charge < -0.3 is 0 Å². The van der Waals surface area contributed by atoms with Crippen molar-refractivity contribution in [1.82, 2.24) is 38.5 Å². The first kappa shape index (κ1) is 11.8. The molecule has 0 radical (unpaired) electrons. The Morgan fingerprint density at radius 3 is 1.43 bits per heavy atom. The van der Waals surface area contributed by atoms with Crippen molar-refractivity contribution in [3.63, 3.8) is 0 Å². The minimum atomic E-state index is 0.973. The molecule has 1 aliphatic rings. The van der Waals surface area contributed by atoms with Gasteiger partial charge in [-0.1, -0.05) is 19.3 Å². The molecule has 0 bridgehead atoms. The second-order valence-electron chi connectivity index (χ2n) is 3.25. The minimum Gasteiger partial charge on any atom is -0.243 e. The van der Waals surface area contributed by atoms with Gasteiger partial charge in [-0.3, -0.25) is 0 Å². The molecule has 1 heterocycles. The molecule has 1 saturated heterocycles. The number of hydrogen-bond acceptors (Lipinski definition) is 7. The molecule has 0 aromatic carbocycles. The zero-order chi connectivity index (χ0) is 9.90. The molecular formula is C7H21N7. The molecule has 84 valence electrons. The molecule has 14 heavy (non-hydrogen) atoms. The third-order valence-electron chi connectivity index (χ3n) is 2.03. The van der Waals surface area contributed by atoms with Crippen LogP contribution in [0.15, 0.2) is 0 Å². The predicted molar refractivity (Wildman–Crippen MR) is 54.8 cm³/mol. The summed E-state index contributed by atoms with van der Waals surface area (Å²) in [5, 5.41) is 0. The topological polar surface area (TPSA) is 84.2 Å². The van der Waals surface area contributed by atoms with E-state index in [0.717, 1.165) is 13.1 Å². The Morgan fingerprint density at radius 1 is 0.429 bits per heavy atom. The van der Waals surface area contributed by atoms with Gasteiger partial charge in [0.15, 0.2) is 0 Å². The molecule has 0 amide bonds. The van der Waals surface area contributed by atoms with Crippen molar-refractivity contribution in [2.24, 2.45) is 0 Å². The van der Waals surface area contributed by atoms with Crippen molar-refractivity contribution in [3.05, 3.63) is 0 Å². The molecule has 7 nitrogen and oxygen atoms in total. The molecule has 7 N–H and O–H groups in total. The van der Waals surface area contributed by atoms with E-state index in [4.69, 9.17) is 0 Å². The number of hydrogen-bond donors (Lipinski definition) is 7. The Balaban J connectivity index is 2.00. The molecule has 7 heteroatoms. The maximum absolute atomic E-state index is 3.03. The van der Waals surface area contributed by atoms with E-state index in [2.05, 4.69) is 38.5 Å². The van der Waals surface area contributed by atoms with Gasteiger partial charge in [-0.05, 0) is 12.8 Å². The van der Waals surface area contributed by atoms with E-state index < -0.39 is 0 Å². The SMILES string of the molecule is C1CCCNNNNNNNCCC1. The van der Waals surface area contributed by atoms with Crippen LogP contribution < -0.4 is 38.5 Å². The Kier molecular flexibility index (Phi) is 7.82. The normalized spacial score (nSPS) is 24.0. The molecule has 0 aromatic heterocycles. The predicted octanol–water partition coefficient (Wildman–Crippen LogP) is -1.43. The van der Waals surface area contributed by atoms with Gasteiger partial charge in [0.2, 0.25) is 0 Å². The Hall–Kier alpha value is -0.280. The number of rotatable bonds is 0. The molecule has 0 spiro atoms. The van der Waals surface area contributed by atoms with Crippen LogP contribution in [0.2, 0.25) is 0 Å². The Labute approximate surface area is 84.6 Å². The summed E-state index contributed by atoms with van der Waals surface area (Å²) >= 11 is 0. The lowest BCUT2D eigenvalue weighted by atomic mass is 10.1. The fourth-order valence-electron chi connectivity index (χ4n) is 1.26. The second-order valence-corrected chi connectivity index (χ2v) is 3.25. The van der Waals surface area contributed by atoms with E-state index in [9.17, 15) is 0 Å². The van der Waals surface area contributed by atoms with Gasteiger partial charge in [0.1, 0.15) is 0 Å². The highest BCUT2D eigenvalue weighted by Gasteiger charge is 1.92. The van der Waals surface area contributed by atoms with Gasteiger partial charge in [-0.15, -0.1) is 0 Å². The maximum Gasteiger partial charge on any atom is 0.0113 e. The molecule has 0 aromatic rings. The highest BCUT2D eigenvalue weighted by atomic mass is 15.9. The van der Waals surface area contributed by atoms with Crippen molar-refractivity contribution in [3.8, 4) is 0 Å². The molecule has 0 aliphatic carbocycles. The lowest BCUT2D eigenvalue weighted by Crippen LogP contribution is -2.61. The highest BCUT2D eigenvalue weighted by Crippen LogP contribution is 2.00. The minimum absolute atomic E-state index is 0.973. The van der Waals surface area contributed by atoms with E-state index in [1.165, 1.54) is 32.1 Å². The van der Waals surface area contributed by atoms with Crippen LogP contribution in [-0.2, 0) is 0 Å². The Bertz CT molecular complexity index is 67.3. The van der Waals surface area contributed by atoms with Crippen molar-refractivity contribution >= 4 is 0 Å². The van der Waals surface area contributed by atoms with Crippen LogP contribution in [0.1, 0.15) is 32.1 Å². The third-order valence-corrected chi connectivity index (χ3v) is 2.03. The molecule has 0 atom stereocenters. The van der Waals surface area contributed by atoms with Gasteiger partial charge in [0, 0.05) is 13.1 Å².